The van der Waals surface area contributed by atoms with E-state index in [2.05, 4.69) is 64.5 Å². The van der Waals surface area contributed by atoms with E-state index in [-0.39, 0.29) is 23.7 Å². The third-order valence-corrected chi connectivity index (χ3v) is 7.53. The van der Waals surface area contributed by atoms with Gasteiger partial charge < -0.3 is 4.90 Å². The Hall–Kier alpha value is -3.83. The predicted octanol–water partition coefficient (Wildman–Crippen LogP) is 4.75. The van der Waals surface area contributed by atoms with E-state index >= 15 is 0 Å². The average molecular weight is 476 g/mol. The van der Waals surface area contributed by atoms with Crippen molar-refractivity contribution in [3.8, 4) is 11.1 Å². The number of ketones is 1. The van der Waals surface area contributed by atoms with Gasteiger partial charge in [0, 0.05) is 50.1 Å². The van der Waals surface area contributed by atoms with Gasteiger partial charge in [-0.3, -0.25) is 19.5 Å². The zero-order valence-electron chi connectivity index (χ0n) is 20.2. The van der Waals surface area contributed by atoms with Gasteiger partial charge in [0.2, 0.25) is 5.91 Å². The SMILES string of the molecule is O=C1C(Cc2cnc3ccccc3c2)CC(=O)N2CCN(Cc3ccc(-c4ccccc4)cc3)CC12. The number of carbonyl (C=O) groups excluding carboxylic acids is 2. The van der Waals surface area contributed by atoms with Crippen LogP contribution in [-0.2, 0) is 22.6 Å². The maximum atomic E-state index is 13.5. The van der Waals surface area contributed by atoms with E-state index in [0.29, 0.717) is 25.9 Å². The summed E-state index contributed by atoms with van der Waals surface area (Å²) in [6.07, 6.45) is 2.70. The number of nitrogens with zero attached hydrogens (tertiary/aromatic N) is 3. The minimum atomic E-state index is -0.359. The summed E-state index contributed by atoms with van der Waals surface area (Å²) in [5.74, 6) is 0.00362. The van der Waals surface area contributed by atoms with Gasteiger partial charge in [0.1, 0.15) is 6.04 Å². The number of hydrogen-bond acceptors (Lipinski definition) is 4. The number of fused-ring (bicyclic) bond motifs is 2. The fraction of sp³-hybridized carbons (Fsp3) is 0.258. The lowest BCUT2D eigenvalue weighted by molar-refractivity contribution is -0.152. The molecule has 4 aromatic rings. The minimum absolute atomic E-state index is 0.102. The van der Waals surface area contributed by atoms with Gasteiger partial charge in [-0.2, -0.15) is 0 Å². The molecule has 6 rings (SSSR count). The number of piperazine rings is 1. The Labute approximate surface area is 211 Å². The second-order valence-electron chi connectivity index (χ2n) is 9.94. The second kappa shape index (κ2) is 9.67. The standard InChI is InChI=1S/C31H29N3O2/c35-30-18-27(17-23-16-26-8-4-5-9-28(26)32-19-23)31(36)29-21-33(14-15-34(29)30)20-22-10-12-25(13-11-22)24-6-2-1-3-7-24/h1-13,16,19,27,29H,14-15,17-18,20-21H2. The van der Waals surface area contributed by atoms with Gasteiger partial charge in [0.25, 0.3) is 0 Å². The molecule has 1 amide bonds. The molecule has 2 fully saturated rings. The fourth-order valence-electron chi connectivity index (χ4n) is 5.60. The molecule has 0 spiro atoms. The number of aromatic nitrogens is 1. The molecule has 2 saturated heterocycles. The highest BCUT2D eigenvalue weighted by atomic mass is 16.2. The molecular formula is C31H29N3O2. The van der Waals surface area contributed by atoms with Crippen molar-refractivity contribution in [2.75, 3.05) is 19.6 Å². The van der Waals surface area contributed by atoms with Gasteiger partial charge >= 0.3 is 0 Å². The van der Waals surface area contributed by atoms with Crippen molar-refractivity contribution in [2.24, 2.45) is 5.92 Å². The highest BCUT2D eigenvalue weighted by molar-refractivity contribution is 5.97. The lowest BCUT2D eigenvalue weighted by Gasteiger charge is -2.45. The molecule has 5 heteroatoms. The molecule has 180 valence electrons. The van der Waals surface area contributed by atoms with Crippen molar-refractivity contribution >= 4 is 22.6 Å². The number of pyridine rings is 1. The van der Waals surface area contributed by atoms with Crippen molar-refractivity contribution in [3.63, 3.8) is 0 Å². The van der Waals surface area contributed by atoms with Crippen molar-refractivity contribution in [2.45, 2.75) is 25.4 Å². The van der Waals surface area contributed by atoms with Crippen LogP contribution in [0.5, 0.6) is 0 Å². The molecule has 0 N–H and O–H groups in total. The number of piperidine rings is 1. The summed E-state index contributed by atoms with van der Waals surface area (Å²) in [4.78, 5) is 35.2. The zero-order chi connectivity index (χ0) is 24.5. The van der Waals surface area contributed by atoms with E-state index in [9.17, 15) is 9.59 Å². The zero-order valence-corrected chi connectivity index (χ0v) is 20.2. The molecule has 0 aliphatic carbocycles. The van der Waals surface area contributed by atoms with E-state index < -0.39 is 0 Å². The van der Waals surface area contributed by atoms with Crippen molar-refractivity contribution in [3.05, 3.63) is 102 Å². The van der Waals surface area contributed by atoms with Gasteiger partial charge in [-0.1, -0.05) is 72.8 Å². The molecule has 3 heterocycles. The number of benzene rings is 3. The molecule has 36 heavy (non-hydrogen) atoms. The number of hydrogen-bond donors (Lipinski definition) is 0. The maximum absolute atomic E-state index is 13.5. The van der Waals surface area contributed by atoms with Crippen LogP contribution in [0.2, 0.25) is 0 Å². The van der Waals surface area contributed by atoms with Crippen LogP contribution in [-0.4, -0.2) is 52.2 Å². The molecule has 2 unspecified atom stereocenters. The second-order valence-corrected chi connectivity index (χ2v) is 9.94. The molecular weight excluding hydrogens is 446 g/mol. The fourth-order valence-corrected chi connectivity index (χ4v) is 5.60. The van der Waals surface area contributed by atoms with E-state index in [1.165, 1.54) is 16.7 Å². The number of para-hydroxylation sites is 1. The third-order valence-electron chi connectivity index (χ3n) is 7.53. The van der Waals surface area contributed by atoms with E-state index in [4.69, 9.17) is 0 Å². The summed E-state index contributed by atoms with van der Waals surface area (Å²) < 4.78 is 0. The lowest BCUT2D eigenvalue weighted by atomic mass is 9.83. The first kappa shape index (κ1) is 22.6. The first-order valence-corrected chi connectivity index (χ1v) is 12.7. The Morgan fingerprint density at radius 2 is 1.56 bits per heavy atom. The number of amides is 1. The molecule has 0 bridgehead atoms. The Morgan fingerprint density at radius 1 is 0.806 bits per heavy atom. The summed E-state index contributed by atoms with van der Waals surface area (Å²) >= 11 is 0. The number of rotatable bonds is 5. The first-order valence-electron chi connectivity index (χ1n) is 12.7. The lowest BCUT2D eigenvalue weighted by Crippen LogP contribution is -2.62. The summed E-state index contributed by atoms with van der Waals surface area (Å²) in [6.45, 7) is 2.77. The van der Waals surface area contributed by atoms with Crippen LogP contribution in [0.4, 0.5) is 0 Å². The molecule has 0 saturated carbocycles. The number of carbonyl (C=O) groups is 2. The van der Waals surface area contributed by atoms with E-state index in [1.807, 2.05) is 41.4 Å². The molecule has 2 aliphatic rings. The summed E-state index contributed by atoms with van der Waals surface area (Å²) in [7, 11) is 0. The van der Waals surface area contributed by atoms with E-state index in [1.54, 1.807) is 0 Å². The molecule has 0 radical (unpaired) electrons. The molecule has 5 nitrogen and oxygen atoms in total. The third kappa shape index (κ3) is 4.54. The van der Waals surface area contributed by atoms with Crippen molar-refractivity contribution < 1.29 is 9.59 Å². The molecule has 2 aliphatic heterocycles. The minimum Gasteiger partial charge on any atom is -0.330 e. The smallest absolute Gasteiger partial charge is 0.224 e. The Balaban J connectivity index is 1.14. The van der Waals surface area contributed by atoms with Crippen LogP contribution < -0.4 is 0 Å². The highest BCUT2D eigenvalue weighted by Gasteiger charge is 2.43. The van der Waals surface area contributed by atoms with Crippen molar-refractivity contribution in [1.82, 2.24) is 14.8 Å². The predicted molar refractivity (Wildman–Crippen MR) is 141 cm³/mol. The van der Waals surface area contributed by atoms with Crippen LogP contribution >= 0.6 is 0 Å². The van der Waals surface area contributed by atoms with Crippen LogP contribution in [0.25, 0.3) is 22.0 Å². The maximum Gasteiger partial charge on any atom is 0.224 e. The van der Waals surface area contributed by atoms with Gasteiger partial charge in [-0.15, -0.1) is 0 Å². The van der Waals surface area contributed by atoms with Gasteiger partial charge in [-0.05, 0) is 40.8 Å². The van der Waals surface area contributed by atoms with Gasteiger partial charge in [0.15, 0.2) is 5.78 Å². The summed E-state index contributed by atoms with van der Waals surface area (Å²) in [5, 5.41) is 1.06. The van der Waals surface area contributed by atoms with Gasteiger partial charge in [0.05, 0.1) is 5.52 Å². The molecule has 2 atom stereocenters. The average Bonchev–Trinajstić information content (AvgIpc) is 2.92. The van der Waals surface area contributed by atoms with Gasteiger partial charge in [-0.25, -0.2) is 0 Å². The highest BCUT2D eigenvalue weighted by Crippen LogP contribution is 2.28. The summed E-state index contributed by atoms with van der Waals surface area (Å²) in [5.41, 5.74) is 5.58. The normalized spacial score (nSPS) is 20.5. The Bertz CT molecular complexity index is 1400. The van der Waals surface area contributed by atoms with Crippen LogP contribution in [0, 0.1) is 5.92 Å². The number of Topliss-reactive ketones (excluding diaryl/α,β-unsaturated/α-hetero) is 1. The quantitative estimate of drug-likeness (QED) is 0.418. The Morgan fingerprint density at radius 3 is 2.39 bits per heavy atom. The summed E-state index contributed by atoms with van der Waals surface area (Å²) in [6, 6.07) is 28.7. The van der Waals surface area contributed by atoms with Crippen LogP contribution in [0.15, 0.2) is 91.1 Å². The van der Waals surface area contributed by atoms with Crippen LogP contribution in [0.1, 0.15) is 17.5 Å². The monoisotopic (exact) mass is 475 g/mol. The van der Waals surface area contributed by atoms with Crippen LogP contribution in [0.3, 0.4) is 0 Å². The molecule has 1 aromatic heterocycles. The first-order chi connectivity index (χ1) is 17.6. The Kier molecular flexibility index (Phi) is 6.08. The van der Waals surface area contributed by atoms with E-state index in [0.717, 1.165) is 29.6 Å². The van der Waals surface area contributed by atoms with Crippen molar-refractivity contribution in [1.29, 1.82) is 0 Å². The topological polar surface area (TPSA) is 53.5 Å². The molecule has 3 aromatic carbocycles. The largest absolute Gasteiger partial charge is 0.330 e.